The Morgan fingerprint density at radius 2 is 2.04 bits per heavy atom. The number of aliphatic hydroxyl groups excluding tert-OH is 1. The molecule has 126 valence electrons. The van der Waals surface area contributed by atoms with E-state index in [4.69, 9.17) is 16.7 Å². The normalized spacial score (nSPS) is 11.0. The lowest BCUT2D eigenvalue weighted by Gasteiger charge is -2.05. The number of anilines is 1. The van der Waals surface area contributed by atoms with Gasteiger partial charge >= 0.3 is 0 Å². The van der Waals surface area contributed by atoms with Crippen molar-refractivity contribution in [1.29, 1.82) is 0 Å². The standard InChI is InChI=1S/C17H20ClN5O/c1-13-16(10-19-15-9-20-22(12-15)7-8-24)17(18)23(21-13)11-14-5-3-2-4-6-14/h2-6,9,12,19,24H,7-8,10-11H2,1H3. The molecule has 0 saturated heterocycles. The molecule has 0 unspecified atom stereocenters. The lowest BCUT2D eigenvalue weighted by molar-refractivity contribution is 0.269. The molecule has 2 heterocycles. The Morgan fingerprint density at radius 3 is 2.79 bits per heavy atom. The van der Waals surface area contributed by atoms with Crippen LogP contribution in [0.2, 0.25) is 5.15 Å². The van der Waals surface area contributed by atoms with E-state index in [1.807, 2.05) is 36.0 Å². The quantitative estimate of drug-likeness (QED) is 0.691. The maximum atomic E-state index is 8.92. The molecule has 0 atom stereocenters. The third kappa shape index (κ3) is 3.77. The summed E-state index contributed by atoms with van der Waals surface area (Å²) in [5.74, 6) is 0. The van der Waals surface area contributed by atoms with E-state index in [9.17, 15) is 0 Å². The molecule has 3 rings (SSSR count). The number of aliphatic hydroxyl groups is 1. The summed E-state index contributed by atoms with van der Waals surface area (Å²) in [6.45, 7) is 3.73. The van der Waals surface area contributed by atoms with Gasteiger partial charge in [0.15, 0.2) is 0 Å². The van der Waals surface area contributed by atoms with Crippen LogP contribution in [0.5, 0.6) is 0 Å². The van der Waals surface area contributed by atoms with Crippen LogP contribution < -0.4 is 5.32 Å². The van der Waals surface area contributed by atoms with Gasteiger partial charge in [-0.1, -0.05) is 41.9 Å². The Labute approximate surface area is 145 Å². The van der Waals surface area contributed by atoms with Crippen molar-refractivity contribution in [3.63, 3.8) is 0 Å². The Bertz CT molecular complexity index is 797. The fourth-order valence-electron chi connectivity index (χ4n) is 2.52. The van der Waals surface area contributed by atoms with Gasteiger partial charge in [0.2, 0.25) is 0 Å². The molecule has 0 aliphatic rings. The second-order valence-corrected chi connectivity index (χ2v) is 5.93. The number of aryl methyl sites for hydroxylation is 1. The third-order valence-electron chi connectivity index (χ3n) is 3.79. The zero-order chi connectivity index (χ0) is 16.9. The minimum absolute atomic E-state index is 0.0678. The van der Waals surface area contributed by atoms with Crippen molar-refractivity contribution in [2.45, 2.75) is 26.6 Å². The molecule has 0 bridgehead atoms. The second-order valence-electron chi connectivity index (χ2n) is 5.57. The van der Waals surface area contributed by atoms with E-state index in [0.717, 1.165) is 22.5 Å². The highest BCUT2D eigenvalue weighted by atomic mass is 35.5. The topological polar surface area (TPSA) is 67.9 Å². The molecule has 2 N–H and O–H groups in total. The molecular weight excluding hydrogens is 326 g/mol. The molecule has 1 aromatic carbocycles. The molecule has 0 saturated carbocycles. The van der Waals surface area contributed by atoms with Crippen LogP contribution in [-0.4, -0.2) is 31.3 Å². The summed E-state index contributed by atoms with van der Waals surface area (Å²) in [4.78, 5) is 0. The highest BCUT2D eigenvalue weighted by molar-refractivity contribution is 6.30. The largest absolute Gasteiger partial charge is 0.394 e. The number of hydrogen-bond acceptors (Lipinski definition) is 4. The van der Waals surface area contributed by atoms with Crippen LogP contribution >= 0.6 is 11.6 Å². The summed E-state index contributed by atoms with van der Waals surface area (Å²) < 4.78 is 3.51. The minimum Gasteiger partial charge on any atom is -0.394 e. The summed E-state index contributed by atoms with van der Waals surface area (Å²) in [6, 6.07) is 10.1. The van der Waals surface area contributed by atoms with Gasteiger partial charge in [-0.3, -0.25) is 4.68 Å². The van der Waals surface area contributed by atoms with Crippen LogP contribution in [0.3, 0.4) is 0 Å². The average molecular weight is 346 g/mol. The van der Waals surface area contributed by atoms with Crippen molar-refractivity contribution < 1.29 is 5.11 Å². The number of nitrogens with one attached hydrogen (secondary N) is 1. The first kappa shape index (κ1) is 16.5. The second kappa shape index (κ2) is 7.51. The Morgan fingerprint density at radius 1 is 1.25 bits per heavy atom. The van der Waals surface area contributed by atoms with E-state index in [1.54, 1.807) is 10.9 Å². The van der Waals surface area contributed by atoms with Gasteiger partial charge in [0.1, 0.15) is 5.15 Å². The first-order valence-electron chi connectivity index (χ1n) is 7.80. The highest BCUT2D eigenvalue weighted by Crippen LogP contribution is 2.22. The van der Waals surface area contributed by atoms with Gasteiger partial charge in [-0.25, -0.2) is 4.68 Å². The van der Waals surface area contributed by atoms with Crippen molar-refractivity contribution in [2.24, 2.45) is 0 Å². The monoisotopic (exact) mass is 345 g/mol. The number of benzene rings is 1. The van der Waals surface area contributed by atoms with E-state index in [0.29, 0.717) is 24.8 Å². The number of hydrogen-bond donors (Lipinski definition) is 2. The average Bonchev–Trinajstić information content (AvgIpc) is 3.13. The number of aromatic nitrogens is 4. The van der Waals surface area contributed by atoms with E-state index < -0.39 is 0 Å². The van der Waals surface area contributed by atoms with Crippen LogP contribution in [0.15, 0.2) is 42.7 Å². The van der Waals surface area contributed by atoms with Gasteiger partial charge in [-0.2, -0.15) is 10.2 Å². The van der Waals surface area contributed by atoms with Crippen molar-refractivity contribution in [2.75, 3.05) is 11.9 Å². The number of rotatable bonds is 7. The minimum atomic E-state index is 0.0678. The summed E-state index contributed by atoms with van der Waals surface area (Å²) in [5, 5.41) is 21.6. The van der Waals surface area contributed by atoms with Crippen LogP contribution in [-0.2, 0) is 19.6 Å². The third-order valence-corrected chi connectivity index (χ3v) is 4.21. The number of halogens is 1. The fraction of sp³-hybridized carbons (Fsp3) is 0.294. The Balaban J connectivity index is 1.69. The summed E-state index contributed by atoms with van der Waals surface area (Å²) in [5.41, 5.74) is 3.93. The van der Waals surface area contributed by atoms with Crippen LogP contribution in [0.25, 0.3) is 0 Å². The van der Waals surface area contributed by atoms with Crippen molar-refractivity contribution in [1.82, 2.24) is 19.6 Å². The molecule has 0 fully saturated rings. The van der Waals surface area contributed by atoms with Crippen LogP contribution in [0, 0.1) is 6.92 Å². The highest BCUT2D eigenvalue weighted by Gasteiger charge is 2.13. The molecule has 0 spiro atoms. The van der Waals surface area contributed by atoms with Gasteiger partial charge in [0.25, 0.3) is 0 Å². The smallest absolute Gasteiger partial charge is 0.132 e. The molecule has 6 nitrogen and oxygen atoms in total. The first-order valence-corrected chi connectivity index (χ1v) is 8.18. The van der Waals surface area contributed by atoms with Gasteiger partial charge in [0.05, 0.1) is 37.3 Å². The predicted octanol–water partition coefficient (Wildman–Crippen LogP) is 2.69. The Kier molecular flexibility index (Phi) is 5.17. The number of nitrogens with zero attached hydrogens (tertiary/aromatic N) is 4. The molecule has 3 aromatic rings. The van der Waals surface area contributed by atoms with E-state index in [-0.39, 0.29) is 6.61 Å². The zero-order valence-electron chi connectivity index (χ0n) is 13.5. The maximum Gasteiger partial charge on any atom is 0.132 e. The van der Waals surface area contributed by atoms with Crippen LogP contribution in [0.1, 0.15) is 16.8 Å². The van der Waals surface area contributed by atoms with Gasteiger partial charge in [-0.05, 0) is 12.5 Å². The van der Waals surface area contributed by atoms with Crippen molar-refractivity contribution in [3.8, 4) is 0 Å². The molecule has 0 amide bonds. The lowest BCUT2D eigenvalue weighted by Crippen LogP contribution is -2.03. The molecular formula is C17H20ClN5O. The van der Waals surface area contributed by atoms with E-state index >= 15 is 0 Å². The summed E-state index contributed by atoms with van der Waals surface area (Å²) in [6.07, 6.45) is 3.58. The van der Waals surface area contributed by atoms with E-state index in [2.05, 4.69) is 27.6 Å². The molecule has 0 radical (unpaired) electrons. The van der Waals surface area contributed by atoms with Gasteiger partial charge < -0.3 is 10.4 Å². The van der Waals surface area contributed by atoms with E-state index in [1.165, 1.54) is 0 Å². The predicted molar refractivity (Wildman–Crippen MR) is 94.2 cm³/mol. The van der Waals surface area contributed by atoms with Gasteiger partial charge in [0, 0.05) is 18.3 Å². The molecule has 2 aromatic heterocycles. The molecule has 7 heteroatoms. The SMILES string of the molecule is Cc1nn(Cc2ccccc2)c(Cl)c1CNc1cnn(CCO)c1. The summed E-state index contributed by atoms with van der Waals surface area (Å²) >= 11 is 6.51. The van der Waals surface area contributed by atoms with Gasteiger partial charge in [-0.15, -0.1) is 0 Å². The molecule has 0 aliphatic carbocycles. The summed E-state index contributed by atoms with van der Waals surface area (Å²) in [7, 11) is 0. The Hall–Kier alpha value is -2.31. The lowest BCUT2D eigenvalue weighted by atomic mass is 10.2. The fourth-order valence-corrected chi connectivity index (χ4v) is 2.82. The maximum absolute atomic E-state index is 8.92. The van der Waals surface area contributed by atoms with Crippen LogP contribution in [0.4, 0.5) is 5.69 Å². The van der Waals surface area contributed by atoms with Crippen molar-refractivity contribution in [3.05, 3.63) is 64.7 Å². The first-order chi connectivity index (χ1) is 11.7. The molecule has 0 aliphatic heterocycles. The molecule has 24 heavy (non-hydrogen) atoms. The zero-order valence-corrected chi connectivity index (χ0v) is 14.2. The van der Waals surface area contributed by atoms with Crippen molar-refractivity contribution >= 4 is 17.3 Å².